The third-order valence-corrected chi connectivity index (χ3v) is 3.18. The summed E-state index contributed by atoms with van der Waals surface area (Å²) in [5.41, 5.74) is 0. The third-order valence-electron chi connectivity index (χ3n) is 3.18. The molecule has 0 aromatic heterocycles. The third kappa shape index (κ3) is 2.98. The molecule has 0 bridgehead atoms. The van der Waals surface area contributed by atoms with Crippen LogP contribution in [0.3, 0.4) is 0 Å². The average molecular weight is 200 g/mol. The molecule has 1 fully saturated rings. The minimum absolute atomic E-state index is 0.0428. The van der Waals surface area contributed by atoms with E-state index in [0.717, 1.165) is 24.0 Å². The van der Waals surface area contributed by atoms with Crippen LogP contribution in [0.15, 0.2) is 0 Å². The molecule has 14 heavy (non-hydrogen) atoms. The Kier molecular flexibility index (Phi) is 3.93. The Bertz CT molecular complexity index is 197. The summed E-state index contributed by atoms with van der Waals surface area (Å²) in [6.45, 7) is 6.79. The van der Waals surface area contributed by atoms with Crippen molar-refractivity contribution in [3.63, 3.8) is 0 Å². The summed E-state index contributed by atoms with van der Waals surface area (Å²) >= 11 is 0. The summed E-state index contributed by atoms with van der Waals surface area (Å²) in [6.07, 6.45) is 3.39. The van der Waals surface area contributed by atoms with Gasteiger partial charge in [-0.1, -0.05) is 13.8 Å². The van der Waals surface area contributed by atoms with Crippen molar-refractivity contribution in [3.05, 3.63) is 0 Å². The zero-order valence-corrected chi connectivity index (χ0v) is 9.58. The molecule has 0 radical (unpaired) electrons. The predicted octanol–water partition coefficient (Wildman–Crippen LogP) is 1.77. The van der Waals surface area contributed by atoms with Gasteiger partial charge >= 0.3 is 5.97 Å². The van der Waals surface area contributed by atoms with Gasteiger partial charge in [0.1, 0.15) is 0 Å². The molecule has 1 aliphatic heterocycles. The van der Waals surface area contributed by atoms with Crippen molar-refractivity contribution < 1.29 is 14.0 Å². The van der Waals surface area contributed by atoms with Gasteiger partial charge in [-0.2, -0.15) is 0 Å². The van der Waals surface area contributed by atoms with Crippen molar-refractivity contribution in [2.24, 2.45) is 5.92 Å². The van der Waals surface area contributed by atoms with Gasteiger partial charge in [-0.25, -0.2) is 0 Å². The van der Waals surface area contributed by atoms with Crippen molar-refractivity contribution in [1.82, 2.24) is 0 Å². The predicted molar refractivity (Wildman–Crippen MR) is 55.6 cm³/mol. The highest BCUT2D eigenvalue weighted by atomic mass is 16.5. The summed E-state index contributed by atoms with van der Waals surface area (Å²) in [5.74, 6) is 0.00273. The molecule has 1 saturated heterocycles. The molecule has 3 nitrogen and oxygen atoms in total. The standard InChI is InChI=1S/C11H22NO2/c1-4-10(2)11(13)14-9-12(3)7-5-6-8-12/h10H,4-9H2,1-3H3/q+1. The fourth-order valence-corrected chi connectivity index (χ4v) is 1.76. The van der Waals surface area contributed by atoms with E-state index in [9.17, 15) is 4.79 Å². The highest BCUT2D eigenvalue weighted by Gasteiger charge is 2.28. The topological polar surface area (TPSA) is 26.3 Å². The molecule has 0 N–H and O–H groups in total. The van der Waals surface area contributed by atoms with Gasteiger partial charge in [0, 0.05) is 12.8 Å². The fraction of sp³-hybridized carbons (Fsp3) is 0.909. The Morgan fingerprint density at radius 1 is 1.43 bits per heavy atom. The number of likely N-dealkylation sites (tertiary alicyclic amines) is 1. The van der Waals surface area contributed by atoms with E-state index in [1.165, 1.54) is 12.8 Å². The van der Waals surface area contributed by atoms with Gasteiger partial charge in [0.25, 0.3) is 0 Å². The Morgan fingerprint density at radius 3 is 2.50 bits per heavy atom. The maximum Gasteiger partial charge on any atom is 0.312 e. The Balaban J connectivity index is 2.29. The van der Waals surface area contributed by atoms with Crippen molar-refractivity contribution in [2.45, 2.75) is 33.1 Å². The summed E-state index contributed by atoms with van der Waals surface area (Å²) in [6, 6.07) is 0. The van der Waals surface area contributed by atoms with E-state index in [1.54, 1.807) is 0 Å². The molecule has 1 heterocycles. The van der Waals surface area contributed by atoms with E-state index in [2.05, 4.69) is 7.05 Å². The molecule has 0 aromatic carbocycles. The maximum absolute atomic E-state index is 11.4. The Hall–Kier alpha value is -0.570. The minimum atomic E-state index is -0.0428. The number of hydrogen-bond donors (Lipinski definition) is 0. The molecule has 0 saturated carbocycles. The monoisotopic (exact) mass is 200 g/mol. The van der Waals surface area contributed by atoms with Crippen LogP contribution in [0.1, 0.15) is 33.1 Å². The van der Waals surface area contributed by atoms with E-state index < -0.39 is 0 Å². The molecular weight excluding hydrogens is 178 g/mol. The van der Waals surface area contributed by atoms with E-state index in [0.29, 0.717) is 6.73 Å². The van der Waals surface area contributed by atoms with E-state index in [-0.39, 0.29) is 11.9 Å². The first-order valence-corrected chi connectivity index (χ1v) is 5.57. The summed E-state index contributed by atoms with van der Waals surface area (Å²) in [4.78, 5) is 11.4. The van der Waals surface area contributed by atoms with Crippen LogP contribution in [0, 0.1) is 5.92 Å². The van der Waals surface area contributed by atoms with Crippen LogP contribution < -0.4 is 0 Å². The molecule has 1 aliphatic rings. The number of ether oxygens (including phenoxy) is 1. The van der Waals surface area contributed by atoms with E-state index >= 15 is 0 Å². The lowest BCUT2D eigenvalue weighted by molar-refractivity contribution is -0.914. The molecule has 0 amide bonds. The molecule has 3 heteroatoms. The number of hydrogen-bond acceptors (Lipinski definition) is 2. The first kappa shape index (κ1) is 11.5. The largest absolute Gasteiger partial charge is 0.415 e. The van der Waals surface area contributed by atoms with Gasteiger partial charge in [-0.3, -0.25) is 9.28 Å². The fourth-order valence-electron chi connectivity index (χ4n) is 1.76. The van der Waals surface area contributed by atoms with Crippen LogP contribution >= 0.6 is 0 Å². The lowest BCUT2D eigenvalue weighted by atomic mass is 10.1. The van der Waals surface area contributed by atoms with Crippen LogP contribution in [-0.2, 0) is 9.53 Å². The molecule has 1 atom stereocenters. The second kappa shape index (κ2) is 4.78. The molecule has 1 unspecified atom stereocenters. The van der Waals surface area contributed by atoms with Gasteiger partial charge in [0.15, 0.2) is 0 Å². The highest BCUT2D eigenvalue weighted by Crippen LogP contribution is 2.16. The Labute approximate surface area is 86.6 Å². The number of carbonyl (C=O) groups is 1. The van der Waals surface area contributed by atoms with Crippen molar-refractivity contribution >= 4 is 5.97 Å². The number of quaternary nitrogens is 1. The first-order valence-electron chi connectivity index (χ1n) is 5.57. The maximum atomic E-state index is 11.4. The smallest absolute Gasteiger partial charge is 0.312 e. The average Bonchev–Trinajstić information content (AvgIpc) is 2.61. The molecule has 0 spiro atoms. The van der Waals surface area contributed by atoms with Crippen LogP contribution in [0.5, 0.6) is 0 Å². The normalized spacial score (nSPS) is 21.9. The number of carbonyl (C=O) groups excluding carboxylic acids is 1. The quantitative estimate of drug-likeness (QED) is 0.511. The minimum Gasteiger partial charge on any atom is -0.415 e. The van der Waals surface area contributed by atoms with Crippen LogP contribution in [0.2, 0.25) is 0 Å². The number of nitrogens with zero attached hydrogens (tertiary/aromatic N) is 1. The van der Waals surface area contributed by atoms with E-state index in [4.69, 9.17) is 4.74 Å². The molecule has 0 aromatic rings. The number of rotatable bonds is 4. The first-order chi connectivity index (χ1) is 6.57. The van der Waals surface area contributed by atoms with Gasteiger partial charge in [-0.15, -0.1) is 0 Å². The SMILES string of the molecule is CCC(C)C(=O)OC[N+]1(C)CCCC1. The van der Waals surface area contributed by atoms with Crippen molar-refractivity contribution in [2.75, 3.05) is 26.9 Å². The van der Waals surface area contributed by atoms with Gasteiger partial charge in [0.05, 0.1) is 26.1 Å². The molecule has 82 valence electrons. The second-order valence-corrected chi connectivity index (χ2v) is 4.68. The van der Waals surface area contributed by atoms with E-state index in [1.807, 2.05) is 13.8 Å². The second-order valence-electron chi connectivity index (χ2n) is 4.68. The van der Waals surface area contributed by atoms with Crippen LogP contribution in [0.4, 0.5) is 0 Å². The highest BCUT2D eigenvalue weighted by molar-refractivity contribution is 5.71. The van der Waals surface area contributed by atoms with Gasteiger partial charge < -0.3 is 4.74 Å². The molecule has 0 aliphatic carbocycles. The molecular formula is C11H22NO2+. The zero-order chi connectivity index (χ0) is 10.6. The van der Waals surface area contributed by atoms with Crippen LogP contribution in [0.25, 0.3) is 0 Å². The summed E-state index contributed by atoms with van der Waals surface area (Å²) in [5, 5.41) is 0. The Morgan fingerprint density at radius 2 is 2.00 bits per heavy atom. The van der Waals surface area contributed by atoms with Crippen molar-refractivity contribution in [1.29, 1.82) is 0 Å². The van der Waals surface area contributed by atoms with Gasteiger partial charge in [0.2, 0.25) is 6.73 Å². The lowest BCUT2D eigenvalue weighted by Crippen LogP contribution is -2.43. The lowest BCUT2D eigenvalue weighted by Gasteiger charge is -2.28. The molecule has 1 rings (SSSR count). The van der Waals surface area contributed by atoms with Gasteiger partial charge in [-0.05, 0) is 6.42 Å². The van der Waals surface area contributed by atoms with Crippen LogP contribution in [-0.4, -0.2) is 37.3 Å². The zero-order valence-electron chi connectivity index (χ0n) is 9.58. The summed E-state index contributed by atoms with van der Waals surface area (Å²) < 4.78 is 6.22. The number of esters is 1. The summed E-state index contributed by atoms with van der Waals surface area (Å²) in [7, 11) is 2.16. The van der Waals surface area contributed by atoms with Crippen molar-refractivity contribution in [3.8, 4) is 0 Å².